The van der Waals surface area contributed by atoms with E-state index in [4.69, 9.17) is 0 Å². The lowest BCUT2D eigenvalue weighted by atomic mass is 10.0. The number of hydrogen-bond donors (Lipinski definition) is 0. The van der Waals surface area contributed by atoms with E-state index in [1.807, 2.05) is 6.08 Å². The maximum absolute atomic E-state index is 3.65. The van der Waals surface area contributed by atoms with Gasteiger partial charge in [0.05, 0.1) is 0 Å². The van der Waals surface area contributed by atoms with Crippen LogP contribution >= 0.6 is 0 Å². The number of benzene rings is 1. The first-order chi connectivity index (χ1) is 5.75. The van der Waals surface area contributed by atoms with Gasteiger partial charge in [-0.2, -0.15) is 0 Å². The Bertz CT molecular complexity index is 286. The lowest BCUT2D eigenvalue weighted by Gasteiger charge is -2.03. The van der Waals surface area contributed by atoms with Crippen LogP contribution in [0, 0.1) is 13.8 Å². The van der Waals surface area contributed by atoms with Gasteiger partial charge in [-0.05, 0) is 30.5 Å². The normalized spacial score (nSPS) is 10.5. The third kappa shape index (κ3) is 1.85. The van der Waals surface area contributed by atoms with Gasteiger partial charge in [-0.1, -0.05) is 43.0 Å². The van der Waals surface area contributed by atoms with Crippen molar-refractivity contribution < 1.29 is 0 Å². The van der Waals surface area contributed by atoms with Crippen molar-refractivity contribution in [3.8, 4) is 0 Å². The van der Waals surface area contributed by atoms with Gasteiger partial charge in [-0.15, -0.1) is 0 Å². The van der Waals surface area contributed by atoms with Crippen LogP contribution in [-0.2, 0) is 0 Å². The first-order valence-corrected chi connectivity index (χ1v) is 4.11. The van der Waals surface area contributed by atoms with E-state index in [2.05, 4.69) is 44.7 Å². The smallest absolute Gasteiger partial charge is 0.0198 e. The fraction of sp³-hybridized carbons (Fsp3) is 0.167. The fourth-order valence-corrected chi connectivity index (χ4v) is 1.25. The second-order valence-electron chi connectivity index (χ2n) is 2.90. The molecule has 0 atom stereocenters. The highest BCUT2D eigenvalue weighted by atomic mass is 14.0. The Morgan fingerprint density at radius 2 is 1.75 bits per heavy atom. The topological polar surface area (TPSA) is 0 Å². The van der Waals surface area contributed by atoms with Crippen molar-refractivity contribution in [3.05, 3.63) is 53.6 Å². The molecule has 0 saturated heterocycles. The minimum Gasteiger partial charge on any atom is -0.0991 e. The molecule has 0 fully saturated rings. The largest absolute Gasteiger partial charge is 0.0991 e. The first kappa shape index (κ1) is 8.79. The van der Waals surface area contributed by atoms with Gasteiger partial charge >= 0.3 is 0 Å². The van der Waals surface area contributed by atoms with Gasteiger partial charge < -0.3 is 0 Å². The second kappa shape index (κ2) is 3.91. The van der Waals surface area contributed by atoms with E-state index < -0.39 is 0 Å². The maximum atomic E-state index is 3.65. The molecule has 0 unspecified atom stereocenters. The summed E-state index contributed by atoms with van der Waals surface area (Å²) in [5.41, 5.74) is 3.93. The molecule has 12 heavy (non-hydrogen) atoms. The molecule has 0 heterocycles. The van der Waals surface area contributed by atoms with Crippen molar-refractivity contribution in [2.75, 3.05) is 0 Å². The summed E-state index contributed by atoms with van der Waals surface area (Å²) in [7, 11) is 0. The molecule has 0 spiro atoms. The molecule has 0 aliphatic heterocycles. The molecule has 0 saturated carbocycles. The Kier molecular flexibility index (Phi) is 2.87. The van der Waals surface area contributed by atoms with Gasteiger partial charge in [0, 0.05) is 0 Å². The first-order valence-electron chi connectivity index (χ1n) is 4.11. The lowest BCUT2D eigenvalue weighted by molar-refractivity contribution is 1.36. The summed E-state index contributed by atoms with van der Waals surface area (Å²) in [6.45, 7) is 7.89. The molecule has 1 rings (SSSR count). The van der Waals surface area contributed by atoms with Gasteiger partial charge in [0.25, 0.3) is 0 Å². The summed E-state index contributed by atoms with van der Waals surface area (Å²) in [4.78, 5) is 0. The van der Waals surface area contributed by atoms with E-state index in [1.54, 1.807) is 6.08 Å². The van der Waals surface area contributed by atoms with E-state index in [9.17, 15) is 0 Å². The summed E-state index contributed by atoms with van der Waals surface area (Å²) < 4.78 is 0. The monoisotopic (exact) mass is 158 g/mol. The van der Waals surface area contributed by atoms with E-state index in [1.165, 1.54) is 16.7 Å². The summed E-state index contributed by atoms with van der Waals surface area (Å²) in [6, 6.07) is 6.32. The second-order valence-corrected chi connectivity index (χ2v) is 2.90. The Morgan fingerprint density at radius 3 is 2.25 bits per heavy atom. The van der Waals surface area contributed by atoms with Crippen LogP contribution in [0.3, 0.4) is 0 Å². The highest BCUT2D eigenvalue weighted by molar-refractivity contribution is 5.58. The molecule has 62 valence electrons. The molecule has 0 bridgehead atoms. The minimum absolute atomic E-state index is 1.30. The standard InChI is InChI=1S/C12H14/c1-4-5-9-12-10(2)7-6-8-11(12)3/h4-9H,1H2,2-3H3. The lowest BCUT2D eigenvalue weighted by Crippen LogP contribution is -1.84. The zero-order valence-electron chi connectivity index (χ0n) is 7.67. The quantitative estimate of drug-likeness (QED) is 0.578. The maximum Gasteiger partial charge on any atom is -0.0198 e. The van der Waals surface area contributed by atoms with Gasteiger partial charge in [0.2, 0.25) is 0 Å². The van der Waals surface area contributed by atoms with Crippen LogP contribution in [0.1, 0.15) is 16.7 Å². The molecule has 0 amide bonds. The molecule has 0 aliphatic rings. The van der Waals surface area contributed by atoms with E-state index >= 15 is 0 Å². The Labute approximate surface area is 74.2 Å². The average Bonchev–Trinajstić information content (AvgIpc) is 2.04. The fourth-order valence-electron chi connectivity index (χ4n) is 1.25. The molecule has 0 aliphatic carbocycles. The van der Waals surface area contributed by atoms with Crippen molar-refractivity contribution in [1.82, 2.24) is 0 Å². The van der Waals surface area contributed by atoms with Crippen LogP contribution in [0.5, 0.6) is 0 Å². The Balaban J connectivity index is 3.12. The van der Waals surface area contributed by atoms with Gasteiger partial charge in [0.1, 0.15) is 0 Å². The highest BCUT2D eigenvalue weighted by Gasteiger charge is 1.95. The third-order valence-electron chi connectivity index (χ3n) is 1.94. The molecular weight excluding hydrogens is 144 g/mol. The Morgan fingerprint density at radius 1 is 1.17 bits per heavy atom. The zero-order valence-corrected chi connectivity index (χ0v) is 7.67. The minimum atomic E-state index is 1.30. The zero-order chi connectivity index (χ0) is 8.97. The number of rotatable bonds is 2. The number of aryl methyl sites for hydroxylation is 2. The molecule has 0 N–H and O–H groups in total. The van der Waals surface area contributed by atoms with Crippen molar-refractivity contribution in [3.63, 3.8) is 0 Å². The summed E-state index contributed by atoms with van der Waals surface area (Å²) in [5.74, 6) is 0. The highest BCUT2D eigenvalue weighted by Crippen LogP contribution is 2.14. The molecular formula is C12H14. The van der Waals surface area contributed by atoms with Crippen molar-refractivity contribution in [2.45, 2.75) is 13.8 Å². The number of allylic oxidation sites excluding steroid dienone is 2. The third-order valence-corrected chi connectivity index (χ3v) is 1.94. The van der Waals surface area contributed by atoms with Crippen LogP contribution in [0.15, 0.2) is 36.9 Å². The number of hydrogen-bond acceptors (Lipinski definition) is 0. The van der Waals surface area contributed by atoms with E-state index in [0.29, 0.717) is 0 Å². The van der Waals surface area contributed by atoms with E-state index in [0.717, 1.165) is 0 Å². The summed E-state index contributed by atoms with van der Waals surface area (Å²) in [5, 5.41) is 0. The van der Waals surface area contributed by atoms with Crippen LogP contribution in [0.4, 0.5) is 0 Å². The van der Waals surface area contributed by atoms with Gasteiger partial charge in [-0.25, -0.2) is 0 Å². The summed E-state index contributed by atoms with van der Waals surface area (Å²) >= 11 is 0. The summed E-state index contributed by atoms with van der Waals surface area (Å²) in [6.07, 6.45) is 5.86. The SMILES string of the molecule is C=CC=Cc1c(C)cccc1C. The van der Waals surface area contributed by atoms with Crippen molar-refractivity contribution in [2.24, 2.45) is 0 Å². The molecule has 0 aromatic heterocycles. The van der Waals surface area contributed by atoms with Crippen LogP contribution in [0.2, 0.25) is 0 Å². The predicted molar refractivity (Wildman–Crippen MR) is 55.1 cm³/mol. The van der Waals surface area contributed by atoms with Crippen molar-refractivity contribution in [1.29, 1.82) is 0 Å². The molecule has 0 heteroatoms. The van der Waals surface area contributed by atoms with Crippen LogP contribution < -0.4 is 0 Å². The predicted octanol–water partition coefficient (Wildman–Crippen LogP) is 3.50. The van der Waals surface area contributed by atoms with Crippen molar-refractivity contribution >= 4 is 6.08 Å². The van der Waals surface area contributed by atoms with Crippen LogP contribution in [-0.4, -0.2) is 0 Å². The van der Waals surface area contributed by atoms with E-state index in [-0.39, 0.29) is 0 Å². The average molecular weight is 158 g/mol. The van der Waals surface area contributed by atoms with Gasteiger partial charge in [-0.3, -0.25) is 0 Å². The molecule has 1 aromatic rings. The molecule has 1 aromatic carbocycles. The molecule has 0 radical (unpaired) electrons. The molecule has 0 nitrogen and oxygen atoms in total. The Hall–Kier alpha value is -1.30. The van der Waals surface area contributed by atoms with Crippen LogP contribution in [0.25, 0.3) is 6.08 Å². The van der Waals surface area contributed by atoms with Gasteiger partial charge in [0.15, 0.2) is 0 Å².